The number of carboxylic acid groups (broad SMARTS) is 2. The number of aliphatic carboxylic acids is 2. The second-order valence-corrected chi connectivity index (χ2v) is 9.07. The molecule has 0 aliphatic heterocycles. The van der Waals surface area contributed by atoms with Crippen LogP contribution in [0.1, 0.15) is 90.4 Å². The van der Waals surface area contributed by atoms with Crippen molar-refractivity contribution in [3.63, 3.8) is 0 Å². The average Bonchev–Trinajstić information content (AvgIpc) is 2.70. The van der Waals surface area contributed by atoms with Crippen LogP contribution in [0.4, 0.5) is 0 Å². The van der Waals surface area contributed by atoms with Crippen molar-refractivity contribution in [2.45, 2.75) is 102 Å². The van der Waals surface area contributed by atoms with Gasteiger partial charge in [-0.15, -0.1) is 0 Å². The van der Waals surface area contributed by atoms with Gasteiger partial charge < -0.3 is 29.7 Å². The molecule has 0 rings (SSSR count). The average molecular weight is 447 g/mol. The number of hydrogen-bond donors (Lipinski definition) is 4. The first kappa shape index (κ1) is 29.8. The Hall–Kier alpha value is -1.22. The van der Waals surface area contributed by atoms with Gasteiger partial charge in [0.15, 0.2) is 5.54 Å². The molecule has 184 valence electrons. The summed E-state index contributed by atoms with van der Waals surface area (Å²) in [5.74, 6) is -2.76. The van der Waals surface area contributed by atoms with E-state index in [-0.39, 0.29) is 23.9 Å². The number of likely N-dealkylation sites (N-methyl/N-ethyl adjacent to an activating group) is 1. The van der Waals surface area contributed by atoms with Crippen LogP contribution >= 0.6 is 0 Å². The zero-order chi connectivity index (χ0) is 23.8. The van der Waals surface area contributed by atoms with Crippen LogP contribution in [-0.2, 0) is 9.59 Å². The summed E-state index contributed by atoms with van der Waals surface area (Å²) < 4.78 is -0.236. The van der Waals surface area contributed by atoms with Crippen LogP contribution < -0.4 is 10.4 Å². The molecule has 0 aliphatic carbocycles. The van der Waals surface area contributed by atoms with Crippen molar-refractivity contribution in [1.29, 1.82) is 0 Å². The Morgan fingerprint density at radius 3 is 1.87 bits per heavy atom. The summed E-state index contributed by atoms with van der Waals surface area (Å²) in [7, 11) is 3.25. The first-order chi connectivity index (χ1) is 14.7. The van der Waals surface area contributed by atoms with Gasteiger partial charge in [-0.1, -0.05) is 64.7 Å². The maximum atomic E-state index is 12.1. The lowest BCUT2D eigenvalue weighted by molar-refractivity contribution is -0.960. The largest absolute Gasteiger partial charge is 0.544 e. The summed E-state index contributed by atoms with van der Waals surface area (Å²) in [6.07, 6.45) is 11.0. The summed E-state index contributed by atoms with van der Waals surface area (Å²) in [5, 5.41) is 43.7. The van der Waals surface area contributed by atoms with Gasteiger partial charge in [0.05, 0.1) is 20.7 Å². The van der Waals surface area contributed by atoms with Crippen molar-refractivity contribution in [3.05, 3.63) is 0 Å². The molecule has 4 N–H and O–H groups in total. The number of nitrogens with zero attached hydrogens (tertiary/aromatic N) is 1. The zero-order valence-corrected chi connectivity index (χ0v) is 19.9. The molecular formula is C23H46N2O6. The lowest BCUT2D eigenvalue weighted by atomic mass is 9.86. The van der Waals surface area contributed by atoms with Crippen LogP contribution in [0, 0.1) is 0 Å². The number of carboxylic acids is 2. The molecule has 0 aromatic heterocycles. The molecule has 31 heavy (non-hydrogen) atoms. The van der Waals surface area contributed by atoms with Crippen LogP contribution in [0.3, 0.4) is 0 Å². The minimum atomic E-state index is -1.80. The quantitative estimate of drug-likeness (QED) is 0.120. The Balaban J connectivity index is 4.74. The Labute approximate surface area is 188 Å². The molecule has 8 nitrogen and oxygen atoms in total. The maximum Gasteiger partial charge on any atom is 0.310 e. The standard InChI is InChI=1S/C23H46N2O6/c1-4-5-6-7-8-9-10-11-12-13-16-24-20(14-17-26)25(2,3)23(15-18-27,22(30)31)19-21(28)29/h20,24,26-27H,4-19H2,1-3H3,(H-,28,29,30,31). The van der Waals surface area contributed by atoms with Gasteiger partial charge in [0, 0.05) is 26.0 Å². The lowest BCUT2D eigenvalue weighted by Gasteiger charge is -2.52. The minimum absolute atomic E-state index is 0.160. The molecule has 0 bridgehead atoms. The second-order valence-electron chi connectivity index (χ2n) is 9.07. The van der Waals surface area contributed by atoms with Crippen molar-refractivity contribution in [2.24, 2.45) is 0 Å². The second kappa shape index (κ2) is 16.4. The van der Waals surface area contributed by atoms with E-state index in [2.05, 4.69) is 12.2 Å². The molecule has 0 aromatic carbocycles. The van der Waals surface area contributed by atoms with E-state index in [0.29, 0.717) is 6.54 Å². The van der Waals surface area contributed by atoms with Crippen molar-refractivity contribution in [3.8, 4) is 0 Å². The highest BCUT2D eigenvalue weighted by atomic mass is 16.4. The molecule has 0 fully saturated rings. The molecule has 0 aliphatic rings. The topological polar surface area (TPSA) is 130 Å². The highest BCUT2D eigenvalue weighted by Gasteiger charge is 2.52. The number of aliphatic hydroxyl groups excluding tert-OH is 2. The molecule has 0 heterocycles. The van der Waals surface area contributed by atoms with E-state index >= 15 is 0 Å². The third kappa shape index (κ3) is 10.3. The first-order valence-corrected chi connectivity index (χ1v) is 11.9. The summed E-state index contributed by atoms with van der Waals surface area (Å²) >= 11 is 0. The maximum absolute atomic E-state index is 12.1. The van der Waals surface area contributed by atoms with Gasteiger partial charge in [-0.25, -0.2) is 0 Å². The van der Waals surface area contributed by atoms with E-state index < -0.39 is 36.7 Å². The van der Waals surface area contributed by atoms with Gasteiger partial charge in [-0.05, 0) is 6.42 Å². The predicted molar refractivity (Wildman–Crippen MR) is 119 cm³/mol. The molecule has 0 amide bonds. The number of rotatable bonds is 21. The number of aliphatic hydroxyl groups is 2. The number of quaternary nitrogens is 1. The van der Waals surface area contributed by atoms with Crippen molar-refractivity contribution in [2.75, 3.05) is 33.9 Å². The number of carbonyl (C=O) groups excluding carboxylic acids is 1. The number of nitrogens with one attached hydrogen (secondary N) is 1. The van der Waals surface area contributed by atoms with Crippen LogP contribution in [-0.4, -0.2) is 77.3 Å². The highest BCUT2D eigenvalue weighted by molar-refractivity contribution is 5.82. The van der Waals surface area contributed by atoms with E-state index in [0.717, 1.165) is 19.3 Å². The Morgan fingerprint density at radius 1 is 0.935 bits per heavy atom. The summed E-state index contributed by atoms with van der Waals surface area (Å²) in [5.41, 5.74) is -1.80. The molecule has 0 saturated carbocycles. The minimum Gasteiger partial charge on any atom is -0.544 e. The Morgan fingerprint density at radius 2 is 1.45 bits per heavy atom. The van der Waals surface area contributed by atoms with E-state index in [1.165, 1.54) is 44.9 Å². The smallest absolute Gasteiger partial charge is 0.310 e. The van der Waals surface area contributed by atoms with Crippen LogP contribution in [0.15, 0.2) is 0 Å². The third-order valence-electron chi connectivity index (χ3n) is 6.54. The van der Waals surface area contributed by atoms with Gasteiger partial charge in [0.1, 0.15) is 18.6 Å². The number of unbranched alkanes of at least 4 members (excludes halogenated alkanes) is 9. The summed E-state index contributed by atoms with van der Waals surface area (Å²) in [6, 6.07) is 0. The van der Waals surface area contributed by atoms with Crippen molar-refractivity contribution < 1.29 is 34.5 Å². The Bertz CT molecular complexity index is 500. The molecule has 2 atom stereocenters. The molecule has 0 radical (unpaired) electrons. The van der Waals surface area contributed by atoms with Crippen molar-refractivity contribution in [1.82, 2.24) is 5.32 Å². The van der Waals surface area contributed by atoms with Crippen LogP contribution in [0.25, 0.3) is 0 Å². The molecule has 0 spiro atoms. The fourth-order valence-corrected chi connectivity index (χ4v) is 4.38. The molecule has 0 saturated heterocycles. The summed E-state index contributed by atoms with van der Waals surface area (Å²) in [4.78, 5) is 23.5. The van der Waals surface area contributed by atoms with E-state index in [1.54, 1.807) is 14.1 Å². The van der Waals surface area contributed by atoms with E-state index in [1.807, 2.05) is 0 Å². The molecule has 2 unspecified atom stereocenters. The van der Waals surface area contributed by atoms with Crippen LogP contribution in [0.5, 0.6) is 0 Å². The molecule has 8 heteroatoms. The molecule has 0 aromatic rings. The lowest BCUT2D eigenvalue weighted by Crippen LogP contribution is -2.74. The highest BCUT2D eigenvalue weighted by Crippen LogP contribution is 2.32. The summed E-state index contributed by atoms with van der Waals surface area (Å²) in [6.45, 7) is 2.24. The number of hydrogen-bond acceptors (Lipinski definition) is 6. The number of carbonyl (C=O) groups is 2. The fourth-order valence-electron chi connectivity index (χ4n) is 4.38. The SMILES string of the molecule is CCCCCCCCCCCCNC(CCO)[N+](C)(C)C(CCO)(CC(=O)O)C(=O)[O-]. The van der Waals surface area contributed by atoms with Crippen LogP contribution in [0.2, 0.25) is 0 Å². The van der Waals surface area contributed by atoms with Gasteiger partial charge >= 0.3 is 5.97 Å². The van der Waals surface area contributed by atoms with Gasteiger partial charge in [0.25, 0.3) is 0 Å². The monoisotopic (exact) mass is 446 g/mol. The van der Waals surface area contributed by atoms with Gasteiger partial charge in [-0.3, -0.25) is 10.1 Å². The van der Waals surface area contributed by atoms with E-state index in [4.69, 9.17) is 0 Å². The normalized spacial score (nSPS) is 14.9. The van der Waals surface area contributed by atoms with Gasteiger partial charge in [-0.2, -0.15) is 0 Å². The predicted octanol–water partition coefficient (Wildman–Crippen LogP) is 1.63. The third-order valence-corrected chi connectivity index (χ3v) is 6.54. The zero-order valence-electron chi connectivity index (χ0n) is 19.9. The first-order valence-electron chi connectivity index (χ1n) is 11.9. The fraction of sp³-hybridized carbons (Fsp3) is 0.913. The Kier molecular flexibility index (Phi) is 15.8. The molecular weight excluding hydrogens is 400 g/mol. The van der Waals surface area contributed by atoms with Gasteiger partial charge in [0.2, 0.25) is 0 Å². The van der Waals surface area contributed by atoms with Crippen molar-refractivity contribution >= 4 is 11.9 Å². The van der Waals surface area contributed by atoms with E-state index in [9.17, 15) is 30.0 Å².